The van der Waals surface area contributed by atoms with Gasteiger partial charge in [-0.2, -0.15) is 11.8 Å². The van der Waals surface area contributed by atoms with Crippen molar-refractivity contribution in [3.63, 3.8) is 0 Å². The Labute approximate surface area is 107 Å². The smallest absolute Gasteiger partial charge is 0.307 e. The standard InChI is InChI=1S/C13H22O3S/c1-9-4-5-11(13(14)15)12(7-9)17-8-10-3-2-6-16-10/h9-12H,2-8H2,1H3,(H,14,15). The van der Waals surface area contributed by atoms with Crippen LogP contribution in [0.5, 0.6) is 0 Å². The molecule has 3 nitrogen and oxygen atoms in total. The van der Waals surface area contributed by atoms with Crippen LogP contribution in [-0.4, -0.2) is 34.8 Å². The first-order valence-corrected chi connectivity index (χ1v) is 7.67. The molecule has 1 aliphatic carbocycles. The van der Waals surface area contributed by atoms with E-state index in [0.717, 1.165) is 44.5 Å². The zero-order valence-electron chi connectivity index (χ0n) is 10.4. The van der Waals surface area contributed by atoms with Crippen molar-refractivity contribution < 1.29 is 14.6 Å². The van der Waals surface area contributed by atoms with Gasteiger partial charge in [0.1, 0.15) is 0 Å². The predicted octanol–water partition coefficient (Wildman–Crippen LogP) is 2.79. The zero-order valence-corrected chi connectivity index (χ0v) is 11.2. The van der Waals surface area contributed by atoms with Gasteiger partial charge in [-0.15, -0.1) is 0 Å². The Morgan fingerprint density at radius 1 is 1.41 bits per heavy atom. The molecule has 2 fully saturated rings. The Hall–Kier alpha value is -0.220. The van der Waals surface area contributed by atoms with E-state index in [1.165, 1.54) is 0 Å². The number of rotatable bonds is 4. The Kier molecular flexibility index (Phi) is 4.74. The lowest BCUT2D eigenvalue weighted by Gasteiger charge is -2.32. The highest BCUT2D eigenvalue weighted by atomic mass is 32.2. The van der Waals surface area contributed by atoms with E-state index in [9.17, 15) is 9.90 Å². The summed E-state index contributed by atoms with van der Waals surface area (Å²) < 4.78 is 5.60. The molecule has 4 atom stereocenters. The lowest BCUT2D eigenvalue weighted by Crippen LogP contribution is -2.33. The van der Waals surface area contributed by atoms with Crippen LogP contribution in [0.2, 0.25) is 0 Å². The second kappa shape index (κ2) is 6.10. The molecule has 0 aromatic rings. The summed E-state index contributed by atoms with van der Waals surface area (Å²) in [4.78, 5) is 11.2. The molecule has 4 heteroatoms. The van der Waals surface area contributed by atoms with Crippen molar-refractivity contribution >= 4 is 17.7 Å². The molecule has 1 saturated carbocycles. The fraction of sp³-hybridized carbons (Fsp3) is 0.923. The van der Waals surface area contributed by atoms with Gasteiger partial charge in [0.15, 0.2) is 0 Å². The Morgan fingerprint density at radius 3 is 2.88 bits per heavy atom. The quantitative estimate of drug-likeness (QED) is 0.842. The number of ether oxygens (including phenoxy) is 1. The molecule has 2 aliphatic rings. The van der Waals surface area contributed by atoms with E-state index in [1.54, 1.807) is 0 Å². The van der Waals surface area contributed by atoms with Crippen LogP contribution < -0.4 is 0 Å². The first kappa shape index (κ1) is 13.2. The summed E-state index contributed by atoms with van der Waals surface area (Å²) in [5, 5.41) is 9.53. The van der Waals surface area contributed by atoms with E-state index in [1.807, 2.05) is 11.8 Å². The lowest BCUT2D eigenvalue weighted by molar-refractivity contribution is -0.142. The summed E-state index contributed by atoms with van der Waals surface area (Å²) in [5.41, 5.74) is 0. The molecule has 1 N–H and O–H groups in total. The predicted molar refractivity (Wildman–Crippen MR) is 69.4 cm³/mol. The van der Waals surface area contributed by atoms with Crippen molar-refractivity contribution in [2.45, 2.75) is 50.4 Å². The van der Waals surface area contributed by atoms with E-state index in [2.05, 4.69) is 6.92 Å². The summed E-state index contributed by atoms with van der Waals surface area (Å²) >= 11 is 1.83. The minimum Gasteiger partial charge on any atom is -0.481 e. The van der Waals surface area contributed by atoms with Gasteiger partial charge in [0.2, 0.25) is 0 Å². The summed E-state index contributed by atoms with van der Waals surface area (Å²) in [5.74, 6) is 0.896. The Bertz CT molecular complexity index is 263. The molecule has 98 valence electrons. The van der Waals surface area contributed by atoms with Gasteiger partial charge in [0.05, 0.1) is 12.0 Å². The van der Waals surface area contributed by atoms with Crippen molar-refractivity contribution in [1.29, 1.82) is 0 Å². The van der Waals surface area contributed by atoms with Gasteiger partial charge in [-0.25, -0.2) is 0 Å². The highest BCUT2D eigenvalue weighted by Gasteiger charge is 2.34. The number of carboxylic acids is 1. The maximum atomic E-state index is 11.2. The molecule has 2 rings (SSSR count). The highest BCUT2D eigenvalue weighted by Crippen LogP contribution is 2.37. The number of hydrogen-bond donors (Lipinski definition) is 1. The third kappa shape index (κ3) is 3.62. The number of carboxylic acid groups (broad SMARTS) is 1. The molecule has 0 spiro atoms. The van der Waals surface area contributed by atoms with E-state index in [4.69, 9.17) is 4.74 Å². The first-order valence-electron chi connectivity index (χ1n) is 6.63. The molecule has 0 radical (unpaired) electrons. The third-order valence-electron chi connectivity index (χ3n) is 3.89. The molecule has 0 aromatic carbocycles. The summed E-state index contributed by atoms with van der Waals surface area (Å²) in [6.07, 6.45) is 5.63. The maximum Gasteiger partial charge on any atom is 0.307 e. The molecule has 0 bridgehead atoms. The molecule has 1 heterocycles. The Morgan fingerprint density at radius 2 is 2.24 bits per heavy atom. The van der Waals surface area contributed by atoms with Gasteiger partial charge in [-0.3, -0.25) is 4.79 Å². The number of hydrogen-bond acceptors (Lipinski definition) is 3. The van der Waals surface area contributed by atoms with Crippen LogP contribution in [0.3, 0.4) is 0 Å². The van der Waals surface area contributed by atoms with Crippen LogP contribution in [0.1, 0.15) is 39.0 Å². The van der Waals surface area contributed by atoms with Crippen molar-refractivity contribution in [2.24, 2.45) is 11.8 Å². The average Bonchev–Trinajstić information content (AvgIpc) is 2.78. The Balaban J connectivity index is 1.83. The fourth-order valence-corrected chi connectivity index (χ4v) is 4.48. The van der Waals surface area contributed by atoms with Gasteiger partial charge in [-0.1, -0.05) is 6.92 Å². The highest BCUT2D eigenvalue weighted by molar-refractivity contribution is 8.00. The monoisotopic (exact) mass is 258 g/mol. The molecular formula is C13H22O3S. The minimum absolute atomic E-state index is 0.141. The summed E-state index contributed by atoms with van der Waals surface area (Å²) in [6.45, 7) is 3.12. The fourth-order valence-electron chi connectivity index (χ4n) is 2.80. The topological polar surface area (TPSA) is 46.5 Å². The van der Waals surface area contributed by atoms with Gasteiger partial charge in [0, 0.05) is 17.6 Å². The molecule has 0 amide bonds. The number of carbonyl (C=O) groups is 1. The summed E-state index contributed by atoms with van der Waals surface area (Å²) in [6, 6.07) is 0. The number of aliphatic carboxylic acids is 1. The first-order chi connectivity index (χ1) is 8.16. The molecule has 1 saturated heterocycles. The SMILES string of the molecule is CC1CCC(C(=O)O)C(SCC2CCCO2)C1. The number of thioether (sulfide) groups is 1. The van der Waals surface area contributed by atoms with Crippen molar-refractivity contribution in [2.75, 3.05) is 12.4 Å². The third-order valence-corrected chi connectivity index (χ3v) is 5.40. The molecule has 1 aliphatic heterocycles. The van der Waals surface area contributed by atoms with Crippen LogP contribution in [-0.2, 0) is 9.53 Å². The van der Waals surface area contributed by atoms with Crippen LogP contribution in [0.25, 0.3) is 0 Å². The van der Waals surface area contributed by atoms with E-state index in [-0.39, 0.29) is 5.92 Å². The van der Waals surface area contributed by atoms with Gasteiger partial charge in [-0.05, 0) is 38.0 Å². The maximum absolute atomic E-state index is 11.2. The van der Waals surface area contributed by atoms with Crippen LogP contribution in [0.4, 0.5) is 0 Å². The van der Waals surface area contributed by atoms with Crippen LogP contribution >= 0.6 is 11.8 Å². The van der Waals surface area contributed by atoms with Gasteiger partial charge in [0.25, 0.3) is 0 Å². The molecule has 4 unspecified atom stereocenters. The second-order valence-electron chi connectivity index (χ2n) is 5.37. The van der Waals surface area contributed by atoms with Gasteiger partial charge < -0.3 is 9.84 Å². The lowest BCUT2D eigenvalue weighted by atomic mass is 9.82. The van der Waals surface area contributed by atoms with E-state index in [0.29, 0.717) is 17.3 Å². The van der Waals surface area contributed by atoms with Crippen molar-refractivity contribution in [1.82, 2.24) is 0 Å². The molecular weight excluding hydrogens is 236 g/mol. The van der Waals surface area contributed by atoms with Crippen molar-refractivity contribution in [3.8, 4) is 0 Å². The average molecular weight is 258 g/mol. The van der Waals surface area contributed by atoms with Crippen LogP contribution in [0, 0.1) is 11.8 Å². The molecule has 17 heavy (non-hydrogen) atoms. The van der Waals surface area contributed by atoms with Crippen LogP contribution in [0.15, 0.2) is 0 Å². The summed E-state index contributed by atoms with van der Waals surface area (Å²) in [7, 11) is 0. The zero-order chi connectivity index (χ0) is 12.3. The van der Waals surface area contributed by atoms with E-state index < -0.39 is 5.97 Å². The van der Waals surface area contributed by atoms with Gasteiger partial charge >= 0.3 is 5.97 Å². The second-order valence-corrected chi connectivity index (χ2v) is 6.64. The normalized spacial score (nSPS) is 38.2. The van der Waals surface area contributed by atoms with E-state index >= 15 is 0 Å². The largest absolute Gasteiger partial charge is 0.481 e. The molecule has 0 aromatic heterocycles. The minimum atomic E-state index is -0.609. The van der Waals surface area contributed by atoms with Crippen molar-refractivity contribution in [3.05, 3.63) is 0 Å².